The second-order valence-corrected chi connectivity index (χ2v) is 7.34. The van der Waals surface area contributed by atoms with Gasteiger partial charge in [0.2, 0.25) is 5.91 Å². The van der Waals surface area contributed by atoms with Gasteiger partial charge in [0.25, 0.3) is 5.56 Å². The lowest BCUT2D eigenvalue weighted by atomic mass is 10.0. The molecule has 4 aromatic rings. The van der Waals surface area contributed by atoms with E-state index in [1.165, 1.54) is 0 Å². The molecule has 1 aliphatic heterocycles. The fourth-order valence-electron chi connectivity index (χ4n) is 3.75. The van der Waals surface area contributed by atoms with Crippen LogP contribution in [0.3, 0.4) is 0 Å². The maximum atomic E-state index is 12.9. The van der Waals surface area contributed by atoms with Crippen LogP contribution in [0.5, 0.6) is 0 Å². The molecule has 0 radical (unpaired) electrons. The third-order valence-electron chi connectivity index (χ3n) is 5.20. The Morgan fingerprint density at radius 3 is 2.93 bits per heavy atom. The van der Waals surface area contributed by atoms with Gasteiger partial charge < -0.3 is 9.88 Å². The number of benzene rings is 2. The Morgan fingerprint density at radius 2 is 2.04 bits per heavy atom. The third kappa shape index (κ3) is 2.75. The summed E-state index contributed by atoms with van der Waals surface area (Å²) < 4.78 is 1.13. The van der Waals surface area contributed by atoms with Crippen molar-refractivity contribution in [3.8, 4) is 0 Å². The quantitative estimate of drug-likeness (QED) is 0.567. The molecule has 2 aromatic heterocycles. The molecule has 140 valence electrons. The molecule has 3 heterocycles. The number of aromatic amines is 1. The van der Waals surface area contributed by atoms with Crippen LogP contribution in [0.15, 0.2) is 47.3 Å². The molecule has 7 nitrogen and oxygen atoms in total. The van der Waals surface area contributed by atoms with Crippen molar-refractivity contribution in [2.24, 2.45) is 0 Å². The van der Waals surface area contributed by atoms with Gasteiger partial charge in [-0.2, -0.15) is 0 Å². The molecule has 0 fully saturated rings. The van der Waals surface area contributed by atoms with E-state index in [1.807, 2.05) is 18.2 Å². The standard InChI is InChI=1S/C20H16ClN5O2/c21-12-5-6-16-14(9-12)15-10-25(8-7-17(15)22-16)19(27)11-26-20(28)13-3-1-2-4-18(13)23-24-26/h1-6,9,22H,7-8,10-11H2. The highest BCUT2D eigenvalue weighted by atomic mass is 35.5. The molecule has 0 aliphatic carbocycles. The van der Waals surface area contributed by atoms with E-state index in [0.717, 1.165) is 33.3 Å². The van der Waals surface area contributed by atoms with Gasteiger partial charge in [0.15, 0.2) is 0 Å². The van der Waals surface area contributed by atoms with Crippen molar-refractivity contribution in [3.05, 3.63) is 69.1 Å². The van der Waals surface area contributed by atoms with E-state index in [9.17, 15) is 9.59 Å². The van der Waals surface area contributed by atoms with Gasteiger partial charge in [-0.05, 0) is 30.3 Å². The first-order valence-corrected chi connectivity index (χ1v) is 9.37. The number of carbonyl (C=O) groups excluding carboxylic acids is 1. The fourth-order valence-corrected chi connectivity index (χ4v) is 3.93. The number of hydrogen-bond donors (Lipinski definition) is 1. The summed E-state index contributed by atoms with van der Waals surface area (Å²) in [7, 11) is 0. The lowest BCUT2D eigenvalue weighted by molar-refractivity contribution is -0.133. The summed E-state index contributed by atoms with van der Waals surface area (Å²) in [4.78, 5) is 30.6. The van der Waals surface area contributed by atoms with Crippen LogP contribution in [-0.2, 0) is 24.3 Å². The van der Waals surface area contributed by atoms with Gasteiger partial charge >= 0.3 is 0 Å². The van der Waals surface area contributed by atoms with E-state index < -0.39 is 0 Å². The molecule has 5 rings (SSSR count). The number of halogens is 1. The van der Waals surface area contributed by atoms with Gasteiger partial charge in [-0.25, -0.2) is 4.68 Å². The minimum absolute atomic E-state index is 0.130. The van der Waals surface area contributed by atoms with Crippen molar-refractivity contribution < 1.29 is 4.79 Å². The van der Waals surface area contributed by atoms with Crippen LogP contribution in [0.2, 0.25) is 5.02 Å². The average molecular weight is 394 g/mol. The van der Waals surface area contributed by atoms with Crippen LogP contribution >= 0.6 is 11.6 Å². The number of fused-ring (bicyclic) bond motifs is 4. The molecule has 2 aromatic carbocycles. The van der Waals surface area contributed by atoms with Gasteiger partial charge in [-0.1, -0.05) is 28.9 Å². The van der Waals surface area contributed by atoms with Crippen molar-refractivity contribution in [1.82, 2.24) is 24.9 Å². The molecule has 28 heavy (non-hydrogen) atoms. The van der Waals surface area contributed by atoms with Crippen LogP contribution in [-0.4, -0.2) is 37.3 Å². The molecule has 8 heteroatoms. The molecule has 1 amide bonds. The summed E-state index contributed by atoms with van der Waals surface area (Å²) in [6.45, 7) is 0.932. The Morgan fingerprint density at radius 1 is 1.18 bits per heavy atom. The highest BCUT2D eigenvalue weighted by Gasteiger charge is 2.25. The molecule has 0 atom stereocenters. The first-order valence-electron chi connectivity index (χ1n) is 8.99. The van der Waals surface area contributed by atoms with Crippen LogP contribution in [0.4, 0.5) is 0 Å². The number of amides is 1. The SMILES string of the molecule is O=C(Cn1nnc2ccccc2c1=O)N1CCc2[nH]c3ccc(Cl)cc3c2C1. The summed E-state index contributed by atoms with van der Waals surface area (Å²) in [5.41, 5.74) is 3.43. The van der Waals surface area contributed by atoms with E-state index in [0.29, 0.717) is 29.0 Å². The Hall–Kier alpha value is -3.19. The molecular weight excluding hydrogens is 378 g/mol. The van der Waals surface area contributed by atoms with E-state index in [2.05, 4.69) is 15.3 Å². The molecule has 0 unspecified atom stereocenters. The Labute approximate surface area is 164 Å². The minimum Gasteiger partial charge on any atom is -0.358 e. The first kappa shape index (κ1) is 16.9. The van der Waals surface area contributed by atoms with E-state index in [-0.39, 0.29) is 18.0 Å². The predicted molar refractivity (Wildman–Crippen MR) is 106 cm³/mol. The van der Waals surface area contributed by atoms with Crippen LogP contribution in [0.25, 0.3) is 21.8 Å². The van der Waals surface area contributed by atoms with E-state index >= 15 is 0 Å². The summed E-state index contributed by atoms with van der Waals surface area (Å²) >= 11 is 6.14. The van der Waals surface area contributed by atoms with Gasteiger partial charge in [-0.3, -0.25) is 9.59 Å². The average Bonchev–Trinajstić information content (AvgIpc) is 3.07. The Balaban J connectivity index is 1.43. The van der Waals surface area contributed by atoms with E-state index in [1.54, 1.807) is 29.2 Å². The molecule has 1 N–H and O–H groups in total. The maximum absolute atomic E-state index is 12.9. The summed E-state index contributed by atoms with van der Waals surface area (Å²) in [6, 6.07) is 12.7. The van der Waals surface area contributed by atoms with Crippen LogP contribution in [0, 0.1) is 0 Å². The normalized spacial score (nSPS) is 13.8. The van der Waals surface area contributed by atoms with Crippen LogP contribution < -0.4 is 5.56 Å². The zero-order valence-corrected chi connectivity index (χ0v) is 15.6. The number of carbonyl (C=O) groups is 1. The highest BCUT2D eigenvalue weighted by Crippen LogP contribution is 2.29. The minimum atomic E-state index is -0.310. The Bertz CT molecular complexity index is 1290. The Kier molecular flexibility index (Phi) is 3.91. The smallest absolute Gasteiger partial charge is 0.278 e. The number of hydrogen-bond acceptors (Lipinski definition) is 4. The topological polar surface area (TPSA) is 83.9 Å². The second kappa shape index (κ2) is 6.45. The van der Waals surface area contributed by atoms with E-state index in [4.69, 9.17) is 11.6 Å². The van der Waals surface area contributed by atoms with Gasteiger partial charge in [0, 0.05) is 46.7 Å². The van der Waals surface area contributed by atoms with Gasteiger partial charge in [0.05, 0.1) is 5.39 Å². The molecule has 0 saturated heterocycles. The zero-order chi connectivity index (χ0) is 19.3. The molecule has 1 aliphatic rings. The van der Waals surface area contributed by atoms with Crippen molar-refractivity contribution in [3.63, 3.8) is 0 Å². The lowest BCUT2D eigenvalue weighted by Crippen LogP contribution is -2.40. The monoisotopic (exact) mass is 393 g/mol. The van der Waals surface area contributed by atoms with Crippen LogP contribution in [0.1, 0.15) is 11.3 Å². The lowest BCUT2D eigenvalue weighted by Gasteiger charge is -2.27. The highest BCUT2D eigenvalue weighted by molar-refractivity contribution is 6.31. The number of nitrogens with zero attached hydrogens (tertiary/aromatic N) is 4. The van der Waals surface area contributed by atoms with Crippen molar-refractivity contribution in [2.75, 3.05) is 6.54 Å². The molecule has 0 spiro atoms. The first-order chi connectivity index (χ1) is 13.6. The number of rotatable bonds is 2. The maximum Gasteiger partial charge on any atom is 0.278 e. The number of nitrogens with one attached hydrogen (secondary N) is 1. The summed E-state index contributed by atoms with van der Waals surface area (Å²) in [5, 5.41) is 10.1. The van der Waals surface area contributed by atoms with Crippen molar-refractivity contribution in [1.29, 1.82) is 0 Å². The number of H-pyrrole nitrogens is 1. The predicted octanol–water partition coefficient (Wildman–Crippen LogP) is 2.51. The summed E-state index contributed by atoms with van der Waals surface area (Å²) in [6.07, 6.45) is 0.728. The second-order valence-electron chi connectivity index (χ2n) is 6.91. The number of aromatic nitrogens is 4. The van der Waals surface area contributed by atoms with Crippen molar-refractivity contribution in [2.45, 2.75) is 19.5 Å². The van der Waals surface area contributed by atoms with Crippen molar-refractivity contribution >= 4 is 39.3 Å². The summed E-state index contributed by atoms with van der Waals surface area (Å²) in [5.74, 6) is -0.159. The molecular formula is C20H16ClN5O2. The zero-order valence-electron chi connectivity index (χ0n) is 14.9. The fraction of sp³-hybridized carbons (Fsp3) is 0.200. The third-order valence-corrected chi connectivity index (χ3v) is 5.44. The van der Waals surface area contributed by atoms with Gasteiger partial charge in [-0.15, -0.1) is 5.10 Å². The molecule has 0 bridgehead atoms. The van der Waals surface area contributed by atoms with Gasteiger partial charge in [0.1, 0.15) is 12.1 Å². The molecule has 0 saturated carbocycles. The largest absolute Gasteiger partial charge is 0.358 e.